The zero-order valence-electron chi connectivity index (χ0n) is 17.3. The maximum absolute atomic E-state index is 12.6. The number of carbonyl (C=O) groups excluding carboxylic acids is 1. The van der Waals surface area contributed by atoms with Gasteiger partial charge in [0.25, 0.3) is 0 Å². The van der Waals surface area contributed by atoms with Gasteiger partial charge in [-0.25, -0.2) is 4.98 Å². The van der Waals surface area contributed by atoms with Crippen LogP contribution in [-0.2, 0) is 16.1 Å². The third-order valence-corrected chi connectivity index (χ3v) is 6.96. The number of carbonyl (C=O) groups is 1. The molecule has 0 N–H and O–H groups in total. The van der Waals surface area contributed by atoms with Crippen LogP contribution in [0, 0.1) is 17.8 Å². The van der Waals surface area contributed by atoms with E-state index >= 15 is 0 Å². The second-order valence-corrected chi connectivity index (χ2v) is 8.69. The fourth-order valence-electron chi connectivity index (χ4n) is 5.50. The molecule has 0 amide bonds. The lowest BCUT2D eigenvalue weighted by Crippen LogP contribution is -2.27. The molecule has 30 heavy (non-hydrogen) atoms. The lowest BCUT2D eigenvalue weighted by Gasteiger charge is -2.29. The number of fused-ring (bicyclic) bond motifs is 3. The Bertz CT molecular complexity index is 1050. The molecule has 2 aromatic carbocycles. The Morgan fingerprint density at radius 3 is 2.60 bits per heavy atom. The van der Waals surface area contributed by atoms with Gasteiger partial charge in [0.2, 0.25) is 0 Å². The molecule has 5 rings (SSSR count). The van der Waals surface area contributed by atoms with Crippen LogP contribution in [0.3, 0.4) is 0 Å². The van der Waals surface area contributed by atoms with E-state index in [1.165, 1.54) is 26.4 Å². The predicted molar refractivity (Wildman–Crippen MR) is 116 cm³/mol. The van der Waals surface area contributed by atoms with Crippen LogP contribution in [0.5, 0.6) is 5.75 Å². The van der Waals surface area contributed by atoms with Gasteiger partial charge in [-0.05, 0) is 66.8 Å². The van der Waals surface area contributed by atoms with Crippen LogP contribution in [0.15, 0.2) is 60.7 Å². The molecule has 4 nitrogen and oxygen atoms in total. The smallest absolute Gasteiger partial charge is 0.313 e. The average Bonchev–Trinajstić information content (AvgIpc) is 3.42. The number of hydrogen-bond acceptors (Lipinski definition) is 4. The molecular weight excluding hydrogens is 374 g/mol. The van der Waals surface area contributed by atoms with Crippen LogP contribution < -0.4 is 4.74 Å². The first-order chi connectivity index (χ1) is 14.7. The van der Waals surface area contributed by atoms with Gasteiger partial charge in [-0.2, -0.15) is 0 Å². The number of benzene rings is 2. The van der Waals surface area contributed by atoms with Gasteiger partial charge in [-0.15, -0.1) is 0 Å². The van der Waals surface area contributed by atoms with Gasteiger partial charge in [0.1, 0.15) is 12.4 Å². The molecule has 0 spiro atoms. The molecule has 4 unspecified atom stereocenters. The zero-order chi connectivity index (χ0) is 20.5. The minimum absolute atomic E-state index is 0.110. The van der Waals surface area contributed by atoms with E-state index < -0.39 is 0 Å². The van der Waals surface area contributed by atoms with Crippen molar-refractivity contribution in [2.75, 3.05) is 7.11 Å². The van der Waals surface area contributed by atoms with E-state index in [9.17, 15) is 4.79 Å². The van der Waals surface area contributed by atoms with E-state index in [1.807, 2.05) is 48.5 Å². The first-order valence-corrected chi connectivity index (χ1v) is 10.9. The van der Waals surface area contributed by atoms with Crippen LogP contribution in [0.1, 0.15) is 42.9 Å². The summed E-state index contributed by atoms with van der Waals surface area (Å²) in [7, 11) is 1.50. The van der Waals surface area contributed by atoms with E-state index in [-0.39, 0.29) is 11.9 Å². The van der Waals surface area contributed by atoms with Crippen molar-refractivity contribution >= 4 is 16.9 Å². The largest absolute Gasteiger partial charge is 0.487 e. The molecule has 4 heteroatoms. The highest BCUT2D eigenvalue weighted by molar-refractivity contribution is 5.79. The Hall–Kier alpha value is -2.88. The molecule has 0 aliphatic heterocycles. The molecular formula is C26H27NO3. The van der Waals surface area contributed by atoms with E-state index in [1.54, 1.807) is 0 Å². The van der Waals surface area contributed by atoms with Crippen molar-refractivity contribution in [1.29, 1.82) is 0 Å². The monoisotopic (exact) mass is 401 g/mol. The van der Waals surface area contributed by atoms with Crippen LogP contribution >= 0.6 is 0 Å². The first-order valence-electron chi connectivity index (χ1n) is 10.9. The number of esters is 1. The summed E-state index contributed by atoms with van der Waals surface area (Å²) in [4.78, 5) is 17.3. The summed E-state index contributed by atoms with van der Waals surface area (Å²) < 4.78 is 11.1. The van der Waals surface area contributed by atoms with Crippen molar-refractivity contribution in [1.82, 2.24) is 4.98 Å². The van der Waals surface area contributed by atoms with Crippen molar-refractivity contribution in [3.05, 3.63) is 71.9 Å². The van der Waals surface area contributed by atoms with Gasteiger partial charge < -0.3 is 9.47 Å². The van der Waals surface area contributed by atoms with Crippen LogP contribution in [0.25, 0.3) is 10.9 Å². The minimum Gasteiger partial charge on any atom is -0.487 e. The van der Waals surface area contributed by atoms with Crippen LogP contribution in [0.2, 0.25) is 0 Å². The minimum atomic E-state index is -0.165. The first kappa shape index (κ1) is 19.1. The van der Waals surface area contributed by atoms with Gasteiger partial charge in [0.05, 0.1) is 24.2 Å². The normalized spacial score (nSPS) is 23.4. The van der Waals surface area contributed by atoms with E-state index in [0.29, 0.717) is 18.4 Å². The van der Waals surface area contributed by atoms with Gasteiger partial charge in [-0.1, -0.05) is 42.8 Å². The second-order valence-electron chi connectivity index (χ2n) is 8.69. The Kier molecular flexibility index (Phi) is 5.16. The summed E-state index contributed by atoms with van der Waals surface area (Å²) in [6.45, 7) is 0.414. The maximum Gasteiger partial charge on any atom is 0.313 e. The topological polar surface area (TPSA) is 48.4 Å². The lowest BCUT2D eigenvalue weighted by atomic mass is 9.76. The number of rotatable bonds is 6. The van der Waals surface area contributed by atoms with Gasteiger partial charge in [-0.3, -0.25) is 4.79 Å². The van der Waals surface area contributed by atoms with Crippen molar-refractivity contribution in [3.63, 3.8) is 0 Å². The summed E-state index contributed by atoms with van der Waals surface area (Å²) >= 11 is 0. The summed E-state index contributed by atoms with van der Waals surface area (Å²) in [6, 6.07) is 20.1. The predicted octanol–water partition coefficient (Wildman–Crippen LogP) is 5.51. The van der Waals surface area contributed by atoms with Crippen molar-refractivity contribution < 1.29 is 14.3 Å². The number of aromatic nitrogens is 1. The van der Waals surface area contributed by atoms with Crippen molar-refractivity contribution in [3.8, 4) is 5.75 Å². The van der Waals surface area contributed by atoms with Gasteiger partial charge in [0, 0.05) is 5.39 Å². The molecule has 0 saturated heterocycles. The SMILES string of the molecule is COC(=O)C(c1ccc(OCc2ccc3ccccc3n2)cc1)C1CC2CCC1C2. The highest BCUT2D eigenvalue weighted by atomic mass is 16.5. The van der Waals surface area contributed by atoms with Crippen LogP contribution in [0.4, 0.5) is 0 Å². The lowest BCUT2D eigenvalue weighted by molar-refractivity contribution is -0.144. The highest BCUT2D eigenvalue weighted by Crippen LogP contribution is 2.53. The quantitative estimate of drug-likeness (QED) is 0.511. The molecule has 1 aromatic heterocycles. The number of nitrogens with zero attached hydrogens (tertiary/aromatic N) is 1. The zero-order valence-corrected chi connectivity index (χ0v) is 17.3. The Morgan fingerprint density at radius 2 is 1.87 bits per heavy atom. The van der Waals surface area contributed by atoms with Crippen molar-refractivity contribution in [2.45, 2.75) is 38.2 Å². The second kappa shape index (κ2) is 8.10. The summed E-state index contributed by atoms with van der Waals surface area (Å²) in [6.07, 6.45) is 5.00. The molecule has 2 bridgehead atoms. The Balaban J connectivity index is 1.29. The summed E-state index contributed by atoms with van der Waals surface area (Å²) in [5.41, 5.74) is 2.91. The van der Waals surface area contributed by atoms with Gasteiger partial charge >= 0.3 is 5.97 Å². The van der Waals surface area contributed by atoms with Crippen molar-refractivity contribution in [2.24, 2.45) is 17.8 Å². The molecule has 1 heterocycles. The Labute approximate surface area is 177 Å². The summed E-state index contributed by atoms with van der Waals surface area (Å²) in [5, 5.41) is 1.13. The number of methoxy groups -OCH3 is 1. The molecule has 4 atom stereocenters. The average molecular weight is 402 g/mol. The maximum atomic E-state index is 12.6. The third kappa shape index (κ3) is 3.67. The fraction of sp³-hybridized carbons (Fsp3) is 0.385. The molecule has 2 aliphatic rings. The summed E-state index contributed by atoms with van der Waals surface area (Å²) in [5.74, 6) is 2.37. The fourth-order valence-corrected chi connectivity index (χ4v) is 5.50. The number of hydrogen-bond donors (Lipinski definition) is 0. The van der Waals surface area contributed by atoms with E-state index in [2.05, 4.69) is 17.1 Å². The molecule has 3 aromatic rings. The van der Waals surface area contributed by atoms with Gasteiger partial charge in [0.15, 0.2) is 0 Å². The standard InChI is InChI=1S/C26H27NO3/c1-29-26(28)25(23-15-17-6-7-20(23)14-17)19-9-12-22(13-10-19)30-16-21-11-8-18-4-2-3-5-24(18)27-21/h2-5,8-13,17,20,23,25H,6-7,14-16H2,1H3. The molecule has 2 aliphatic carbocycles. The number of pyridine rings is 1. The third-order valence-electron chi connectivity index (χ3n) is 6.96. The molecule has 2 saturated carbocycles. The highest BCUT2D eigenvalue weighted by Gasteiger charge is 2.46. The molecule has 154 valence electrons. The van der Waals surface area contributed by atoms with E-state index in [4.69, 9.17) is 9.47 Å². The molecule has 0 radical (unpaired) electrons. The molecule has 2 fully saturated rings. The Morgan fingerprint density at radius 1 is 1.03 bits per heavy atom. The number of ether oxygens (including phenoxy) is 2. The van der Waals surface area contributed by atoms with E-state index in [0.717, 1.165) is 40.2 Å². The number of para-hydroxylation sites is 1. The van der Waals surface area contributed by atoms with Crippen LogP contribution in [-0.4, -0.2) is 18.1 Å².